The number of nitrogens with zero attached hydrogens (tertiary/aromatic N) is 2. The molecule has 0 unspecified atom stereocenters. The first kappa shape index (κ1) is 18.6. The lowest BCUT2D eigenvalue weighted by atomic mass is 10.2. The highest BCUT2D eigenvalue weighted by Gasteiger charge is 2.07. The minimum Gasteiger partial charge on any atom is -0.506 e. The predicted octanol–water partition coefficient (Wildman–Crippen LogP) is 3.84. The highest BCUT2D eigenvalue weighted by molar-refractivity contribution is 14.1. The van der Waals surface area contributed by atoms with Gasteiger partial charge in [-0.1, -0.05) is 18.2 Å². The summed E-state index contributed by atoms with van der Waals surface area (Å²) in [5.74, 6) is 0.324. The second-order valence-electron chi connectivity index (χ2n) is 5.25. The van der Waals surface area contributed by atoms with E-state index in [4.69, 9.17) is 4.74 Å². The van der Waals surface area contributed by atoms with Crippen LogP contribution in [0.2, 0.25) is 0 Å². The fraction of sp³-hybridized carbons (Fsp3) is 0.0556. The van der Waals surface area contributed by atoms with Gasteiger partial charge in [0.25, 0.3) is 5.91 Å². The molecule has 2 aromatic carbocycles. The van der Waals surface area contributed by atoms with Crippen molar-refractivity contribution in [3.63, 3.8) is 0 Å². The molecule has 26 heavy (non-hydrogen) atoms. The van der Waals surface area contributed by atoms with E-state index in [1.165, 1.54) is 6.21 Å². The summed E-state index contributed by atoms with van der Waals surface area (Å²) in [6.07, 6.45) is 3.17. The highest BCUT2D eigenvalue weighted by atomic mass is 127. The first-order chi connectivity index (χ1) is 12.5. The van der Waals surface area contributed by atoms with Crippen LogP contribution in [0.3, 0.4) is 0 Å². The summed E-state index contributed by atoms with van der Waals surface area (Å²) < 4.78 is 6.78. The van der Waals surface area contributed by atoms with Crippen molar-refractivity contribution in [1.82, 2.24) is 10.4 Å². The number of carbonyl (C=O) groups is 1. The Balaban J connectivity index is 1.59. The van der Waals surface area contributed by atoms with Gasteiger partial charge in [-0.3, -0.25) is 9.78 Å². The SMILES string of the molecule is O=C(COc1cccc2cccnc12)N/N=C/c1cc(Br)c(O)c(I)c1. The number of rotatable bonds is 5. The molecule has 1 heterocycles. The van der Waals surface area contributed by atoms with Crippen LogP contribution in [0.15, 0.2) is 58.2 Å². The number of ether oxygens (including phenoxy) is 1. The number of benzene rings is 2. The molecule has 0 fully saturated rings. The Bertz CT molecular complexity index is 966. The second-order valence-corrected chi connectivity index (χ2v) is 7.26. The third kappa shape index (κ3) is 4.50. The quantitative estimate of drug-likeness (QED) is 0.301. The number of aromatic nitrogens is 1. The van der Waals surface area contributed by atoms with Crippen molar-refractivity contribution in [2.75, 3.05) is 6.61 Å². The van der Waals surface area contributed by atoms with Gasteiger partial charge in [-0.15, -0.1) is 0 Å². The first-order valence-electron chi connectivity index (χ1n) is 7.51. The third-order valence-corrected chi connectivity index (χ3v) is 4.82. The Morgan fingerprint density at radius 1 is 1.35 bits per heavy atom. The summed E-state index contributed by atoms with van der Waals surface area (Å²) in [5.41, 5.74) is 3.85. The fourth-order valence-corrected chi connectivity index (χ4v) is 3.71. The van der Waals surface area contributed by atoms with Crippen LogP contribution in [-0.4, -0.2) is 28.8 Å². The van der Waals surface area contributed by atoms with Crippen LogP contribution in [0.5, 0.6) is 11.5 Å². The Morgan fingerprint density at radius 3 is 2.96 bits per heavy atom. The molecule has 0 saturated heterocycles. The minimum atomic E-state index is -0.387. The Hall–Kier alpha value is -2.20. The normalized spacial score (nSPS) is 11.0. The number of hydrogen-bond acceptors (Lipinski definition) is 5. The number of phenolic OH excluding ortho intramolecular Hbond substituents is 1. The maximum Gasteiger partial charge on any atom is 0.277 e. The molecular formula is C18H13BrIN3O3. The molecule has 0 saturated carbocycles. The molecule has 0 bridgehead atoms. The van der Waals surface area contributed by atoms with Crippen molar-refractivity contribution in [2.45, 2.75) is 0 Å². The van der Waals surface area contributed by atoms with Gasteiger partial charge in [0, 0.05) is 11.6 Å². The van der Waals surface area contributed by atoms with Gasteiger partial charge in [0.2, 0.25) is 0 Å². The van der Waals surface area contributed by atoms with Gasteiger partial charge in [0.15, 0.2) is 6.61 Å². The first-order valence-corrected chi connectivity index (χ1v) is 9.38. The van der Waals surface area contributed by atoms with Gasteiger partial charge in [-0.05, 0) is 68.3 Å². The molecule has 1 amide bonds. The smallest absolute Gasteiger partial charge is 0.277 e. The minimum absolute atomic E-state index is 0.170. The van der Waals surface area contributed by atoms with Gasteiger partial charge in [-0.25, -0.2) is 5.43 Å². The summed E-state index contributed by atoms with van der Waals surface area (Å²) in [6, 6.07) is 12.8. The molecule has 3 rings (SSSR count). The molecule has 0 aliphatic rings. The molecule has 6 nitrogen and oxygen atoms in total. The molecule has 0 aliphatic heterocycles. The zero-order chi connectivity index (χ0) is 18.5. The topological polar surface area (TPSA) is 83.8 Å². The molecule has 3 aromatic rings. The van der Waals surface area contributed by atoms with Crippen molar-refractivity contribution in [3.05, 3.63) is 62.3 Å². The molecule has 0 aliphatic carbocycles. The average molecular weight is 526 g/mol. The monoisotopic (exact) mass is 525 g/mol. The van der Waals surface area contributed by atoms with Crippen LogP contribution in [0.25, 0.3) is 10.9 Å². The number of hydrazone groups is 1. The summed E-state index contributed by atoms with van der Waals surface area (Å²) in [4.78, 5) is 16.2. The van der Waals surface area contributed by atoms with Crippen LogP contribution < -0.4 is 10.2 Å². The van der Waals surface area contributed by atoms with E-state index in [2.05, 4.69) is 31.4 Å². The summed E-state index contributed by atoms with van der Waals surface area (Å²) in [5, 5.41) is 14.6. The fourth-order valence-electron chi connectivity index (χ4n) is 2.21. The van der Waals surface area contributed by atoms with Crippen molar-refractivity contribution in [3.8, 4) is 11.5 Å². The number of halogens is 2. The number of hydrogen-bond donors (Lipinski definition) is 2. The molecule has 0 spiro atoms. The lowest BCUT2D eigenvalue weighted by Gasteiger charge is -2.07. The zero-order valence-corrected chi connectivity index (χ0v) is 17.1. The van der Waals surface area contributed by atoms with Crippen LogP contribution in [-0.2, 0) is 4.79 Å². The van der Waals surface area contributed by atoms with E-state index in [0.29, 0.717) is 19.3 Å². The van der Waals surface area contributed by atoms with Crippen LogP contribution >= 0.6 is 38.5 Å². The molecule has 2 N–H and O–H groups in total. The molecule has 0 radical (unpaired) electrons. The van der Waals surface area contributed by atoms with Crippen molar-refractivity contribution in [2.24, 2.45) is 5.10 Å². The van der Waals surface area contributed by atoms with Crippen molar-refractivity contribution < 1.29 is 14.6 Å². The van der Waals surface area contributed by atoms with Gasteiger partial charge in [0.05, 0.1) is 14.3 Å². The van der Waals surface area contributed by atoms with Gasteiger partial charge in [0.1, 0.15) is 17.0 Å². The second kappa shape index (κ2) is 8.45. The standard InChI is InChI=1S/C18H13BrIN3O3/c19-13-7-11(8-14(20)18(13)25)9-22-23-16(24)10-26-15-5-1-3-12-4-2-6-21-17(12)15/h1-9,25H,10H2,(H,23,24)/b22-9+. The highest BCUT2D eigenvalue weighted by Crippen LogP contribution is 2.29. The number of aromatic hydroxyl groups is 1. The number of para-hydroxylation sites is 1. The third-order valence-electron chi connectivity index (χ3n) is 3.40. The van der Waals surface area contributed by atoms with E-state index >= 15 is 0 Å². The van der Waals surface area contributed by atoms with Crippen LogP contribution in [0.4, 0.5) is 0 Å². The van der Waals surface area contributed by atoms with E-state index < -0.39 is 0 Å². The number of fused-ring (bicyclic) bond motifs is 1. The van der Waals surface area contributed by atoms with Gasteiger partial charge < -0.3 is 9.84 Å². The average Bonchev–Trinajstić information content (AvgIpc) is 2.64. The maximum absolute atomic E-state index is 11.9. The summed E-state index contributed by atoms with van der Waals surface area (Å²) >= 11 is 5.27. The van der Waals surface area contributed by atoms with E-state index in [1.54, 1.807) is 24.4 Å². The Morgan fingerprint density at radius 2 is 2.15 bits per heavy atom. The van der Waals surface area contributed by atoms with E-state index in [0.717, 1.165) is 10.9 Å². The molecule has 1 aromatic heterocycles. The van der Waals surface area contributed by atoms with E-state index in [-0.39, 0.29) is 18.3 Å². The Labute approximate surface area is 171 Å². The molecular weight excluding hydrogens is 513 g/mol. The molecule has 8 heteroatoms. The largest absolute Gasteiger partial charge is 0.506 e. The van der Waals surface area contributed by atoms with Gasteiger partial charge in [-0.2, -0.15) is 5.10 Å². The van der Waals surface area contributed by atoms with Gasteiger partial charge >= 0.3 is 0 Å². The molecule has 132 valence electrons. The molecule has 0 atom stereocenters. The zero-order valence-electron chi connectivity index (χ0n) is 13.3. The number of nitrogens with one attached hydrogen (secondary N) is 1. The lowest BCUT2D eigenvalue weighted by Crippen LogP contribution is -2.24. The summed E-state index contributed by atoms with van der Waals surface area (Å²) in [7, 11) is 0. The predicted molar refractivity (Wildman–Crippen MR) is 111 cm³/mol. The number of amides is 1. The number of pyridine rings is 1. The lowest BCUT2D eigenvalue weighted by molar-refractivity contribution is -0.123. The van der Waals surface area contributed by atoms with Crippen LogP contribution in [0.1, 0.15) is 5.56 Å². The Kier molecular flexibility index (Phi) is 6.04. The van der Waals surface area contributed by atoms with Crippen molar-refractivity contribution >= 4 is 61.5 Å². The van der Waals surface area contributed by atoms with Crippen LogP contribution in [0, 0.1) is 3.57 Å². The number of phenols is 1. The maximum atomic E-state index is 11.9. The summed E-state index contributed by atoms with van der Waals surface area (Å²) in [6.45, 7) is -0.177. The number of carbonyl (C=O) groups excluding carboxylic acids is 1. The van der Waals surface area contributed by atoms with E-state index in [1.807, 2.05) is 46.9 Å². The van der Waals surface area contributed by atoms with Crippen molar-refractivity contribution in [1.29, 1.82) is 0 Å². The van der Waals surface area contributed by atoms with E-state index in [9.17, 15) is 9.90 Å².